The number of piperidine rings is 1. The molecule has 0 radical (unpaired) electrons. The van der Waals surface area contributed by atoms with Crippen molar-refractivity contribution in [1.82, 2.24) is 10.6 Å². The van der Waals surface area contributed by atoms with E-state index in [1.165, 1.54) is 60.6 Å². The van der Waals surface area contributed by atoms with Crippen LogP contribution in [0.3, 0.4) is 0 Å². The first kappa shape index (κ1) is 15.0. The van der Waals surface area contributed by atoms with E-state index in [9.17, 15) is 0 Å². The van der Waals surface area contributed by atoms with Gasteiger partial charge in [0.05, 0.1) is 0 Å². The molecule has 0 aliphatic carbocycles. The van der Waals surface area contributed by atoms with Crippen LogP contribution in [0.5, 0.6) is 0 Å². The molecule has 1 aromatic rings. The summed E-state index contributed by atoms with van der Waals surface area (Å²) in [5, 5.41) is 7.21. The number of hydrogen-bond donors (Lipinski definition) is 2. The summed E-state index contributed by atoms with van der Waals surface area (Å²) in [5.74, 6) is 0. The van der Waals surface area contributed by atoms with Gasteiger partial charge in [-0.05, 0) is 63.2 Å². The maximum absolute atomic E-state index is 3.72. The van der Waals surface area contributed by atoms with Gasteiger partial charge in [-0.1, -0.05) is 13.3 Å². The summed E-state index contributed by atoms with van der Waals surface area (Å²) in [7, 11) is 0. The molecule has 2 N–H and O–H groups in total. The minimum atomic E-state index is 0.543. The zero-order valence-corrected chi connectivity index (χ0v) is 13.5. The van der Waals surface area contributed by atoms with Crippen LogP contribution >= 0.6 is 11.3 Å². The van der Waals surface area contributed by atoms with Gasteiger partial charge in [0.2, 0.25) is 0 Å². The Morgan fingerprint density at radius 2 is 2.05 bits per heavy atom. The zero-order chi connectivity index (χ0) is 13.7. The number of thiophene rings is 1. The van der Waals surface area contributed by atoms with E-state index in [0.29, 0.717) is 5.41 Å². The summed E-state index contributed by atoms with van der Waals surface area (Å²) in [6, 6.07) is 2.34. The van der Waals surface area contributed by atoms with Gasteiger partial charge < -0.3 is 10.6 Å². The van der Waals surface area contributed by atoms with E-state index in [1.54, 1.807) is 0 Å². The minimum absolute atomic E-state index is 0.543. The molecule has 19 heavy (non-hydrogen) atoms. The lowest BCUT2D eigenvalue weighted by Crippen LogP contribution is -2.43. The molecule has 0 atom stereocenters. The molecule has 0 amide bonds. The van der Waals surface area contributed by atoms with Crippen molar-refractivity contribution in [3.8, 4) is 0 Å². The van der Waals surface area contributed by atoms with Crippen LogP contribution in [0.4, 0.5) is 0 Å². The summed E-state index contributed by atoms with van der Waals surface area (Å²) in [6.45, 7) is 11.3. The summed E-state index contributed by atoms with van der Waals surface area (Å²) in [5.41, 5.74) is 1.98. The summed E-state index contributed by atoms with van der Waals surface area (Å²) in [4.78, 5) is 2.94. The van der Waals surface area contributed by atoms with E-state index in [-0.39, 0.29) is 0 Å². The van der Waals surface area contributed by atoms with E-state index >= 15 is 0 Å². The van der Waals surface area contributed by atoms with Gasteiger partial charge in [0.15, 0.2) is 0 Å². The molecule has 0 unspecified atom stereocenters. The molecule has 2 rings (SSSR count). The van der Waals surface area contributed by atoms with Gasteiger partial charge in [-0.25, -0.2) is 0 Å². The van der Waals surface area contributed by atoms with Crippen molar-refractivity contribution in [2.75, 3.05) is 19.6 Å². The van der Waals surface area contributed by atoms with Crippen molar-refractivity contribution in [2.24, 2.45) is 5.41 Å². The van der Waals surface area contributed by atoms with Gasteiger partial charge in [-0.2, -0.15) is 0 Å². The molecule has 1 aliphatic rings. The zero-order valence-electron chi connectivity index (χ0n) is 12.6. The van der Waals surface area contributed by atoms with Crippen LogP contribution in [-0.4, -0.2) is 19.6 Å². The Balaban J connectivity index is 1.85. The number of aryl methyl sites for hydroxylation is 2. The van der Waals surface area contributed by atoms with E-state index in [1.807, 2.05) is 11.3 Å². The molecule has 2 nitrogen and oxygen atoms in total. The highest BCUT2D eigenvalue weighted by molar-refractivity contribution is 7.12. The first-order valence-electron chi connectivity index (χ1n) is 7.62. The van der Waals surface area contributed by atoms with Crippen LogP contribution < -0.4 is 10.6 Å². The van der Waals surface area contributed by atoms with Crippen molar-refractivity contribution >= 4 is 11.3 Å². The second-order valence-corrected chi connectivity index (χ2v) is 7.40. The quantitative estimate of drug-likeness (QED) is 0.831. The van der Waals surface area contributed by atoms with Crippen molar-refractivity contribution in [2.45, 2.75) is 53.0 Å². The highest BCUT2D eigenvalue weighted by Crippen LogP contribution is 2.33. The van der Waals surface area contributed by atoms with Crippen molar-refractivity contribution < 1.29 is 0 Å². The number of hydrogen-bond acceptors (Lipinski definition) is 3. The monoisotopic (exact) mass is 280 g/mol. The predicted molar refractivity (Wildman–Crippen MR) is 84.9 cm³/mol. The molecular formula is C16H28N2S. The van der Waals surface area contributed by atoms with E-state index in [2.05, 4.69) is 37.5 Å². The average molecular weight is 280 g/mol. The molecule has 1 aromatic heterocycles. The Kier molecular flexibility index (Phi) is 5.43. The Labute approximate surface area is 122 Å². The van der Waals surface area contributed by atoms with Crippen LogP contribution in [0.15, 0.2) is 6.07 Å². The minimum Gasteiger partial charge on any atom is -0.317 e. The molecule has 1 saturated heterocycles. The molecule has 1 fully saturated rings. The third kappa shape index (κ3) is 4.04. The lowest BCUT2D eigenvalue weighted by Gasteiger charge is -2.38. The van der Waals surface area contributed by atoms with Crippen LogP contribution in [0.25, 0.3) is 0 Å². The highest BCUT2D eigenvalue weighted by atomic mass is 32.1. The van der Waals surface area contributed by atoms with Crippen molar-refractivity contribution in [3.05, 3.63) is 21.4 Å². The maximum atomic E-state index is 3.72. The van der Waals surface area contributed by atoms with Crippen LogP contribution in [-0.2, 0) is 6.54 Å². The molecule has 0 bridgehead atoms. The second kappa shape index (κ2) is 6.87. The van der Waals surface area contributed by atoms with Gasteiger partial charge in [-0.15, -0.1) is 11.3 Å². The summed E-state index contributed by atoms with van der Waals surface area (Å²) < 4.78 is 0. The lowest BCUT2D eigenvalue weighted by atomic mass is 9.75. The SMILES string of the molecule is CCCC1(CNCc2cc(C)c(C)s2)CCNCC1. The molecule has 0 aromatic carbocycles. The van der Waals surface area contributed by atoms with Gasteiger partial charge >= 0.3 is 0 Å². The Morgan fingerprint density at radius 3 is 2.63 bits per heavy atom. The molecule has 0 saturated carbocycles. The highest BCUT2D eigenvalue weighted by Gasteiger charge is 2.30. The largest absolute Gasteiger partial charge is 0.317 e. The molecule has 108 valence electrons. The first-order valence-corrected chi connectivity index (χ1v) is 8.44. The third-order valence-electron chi connectivity index (χ3n) is 4.46. The average Bonchev–Trinajstić information content (AvgIpc) is 2.70. The number of nitrogens with one attached hydrogen (secondary N) is 2. The fourth-order valence-corrected chi connectivity index (χ4v) is 4.21. The Bertz CT molecular complexity index is 366. The fourth-order valence-electron chi connectivity index (χ4n) is 3.19. The molecule has 0 spiro atoms. The fraction of sp³-hybridized carbons (Fsp3) is 0.750. The molecule has 2 heterocycles. The van der Waals surface area contributed by atoms with Crippen LogP contribution in [0.2, 0.25) is 0 Å². The summed E-state index contributed by atoms with van der Waals surface area (Å²) >= 11 is 1.94. The Morgan fingerprint density at radius 1 is 1.32 bits per heavy atom. The predicted octanol–water partition coefficient (Wildman–Crippen LogP) is 3.62. The first-order chi connectivity index (χ1) is 9.15. The smallest absolute Gasteiger partial charge is 0.0300 e. The van der Waals surface area contributed by atoms with E-state index in [0.717, 1.165) is 6.54 Å². The Hall–Kier alpha value is -0.380. The third-order valence-corrected chi connectivity index (χ3v) is 5.61. The van der Waals surface area contributed by atoms with Crippen LogP contribution in [0.1, 0.15) is 47.9 Å². The molecule has 3 heteroatoms. The van der Waals surface area contributed by atoms with Gasteiger partial charge in [-0.3, -0.25) is 0 Å². The van der Waals surface area contributed by atoms with Crippen molar-refractivity contribution in [3.63, 3.8) is 0 Å². The van der Waals surface area contributed by atoms with Gasteiger partial charge in [0.1, 0.15) is 0 Å². The topological polar surface area (TPSA) is 24.1 Å². The standard InChI is InChI=1S/C16H28N2S/c1-4-5-16(6-8-17-9-7-16)12-18-11-15-10-13(2)14(3)19-15/h10,17-18H,4-9,11-12H2,1-3H3. The normalized spacial score (nSPS) is 18.7. The second-order valence-electron chi connectivity index (χ2n) is 6.06. The summed E-state index contributed by atoms with van der Waals surface area (Å²) in [6.07, 6.45) is 5.33. The van der Waals surface area contributed by atoms with Gasteiger partial charge in [0, 0.05) is 22.8 Å². The van der Waals surface area contributed by atoms with E-state index in [4.69, 9.17) is 0 Å². The maximum Gasteiger partial charge on any atom is 0.0300 e. The lowest BCUT2D eigenvalue weighted by molar-refractivity contribution is 0.176. The van der Waals surface area contributed by atoms with Crippen molar-refractivity contribution in [1.29, 1.82) is 0 Å². The molecular weight excluding hydrogens is 252 g/mol. The van der Waals surface area contributed by atoms with E-state index < -0.39 is 0 Å². The molecule has 1 aliphatic heterocycles. The van der Waals surface area contributed by atoms with Crippen LogP contribution in [0, 0.1) is 19.3 Å². The van der Waals surface area contributed by atoms with Gasteiger partial charge in [0.25, 0.3) is 0 Å². The number of rotatable bonds is 6.